The third kappa shape index (κ3) is 1.54. The molecule has 1 unspecified atom stereocenters. The lowest BCUT2D eigenvalue weighted by molar-refractivity contribution is 0.262. The molecule has 46 valence electrons. The molecule has 0 aliphatic heterocycles. The Morgan fingerprint density at radius 3 is 2.33 bits per heavy atom. The van der Waals surface area contributed by atoms with Gasteiger partial charge in [-0.3, -0.25) is 4.98 Å². The van der Waals surface area contributed by atoms with Crippen LogP contribution >= 0.6 is 0 Å². The van der Waals surface area contributed by atoms with Crippen molar-refractivity contribution in [2.24, 2.45) is 0 Å². The van der Waals surface area contributed by atoms with Crippen molar-refractivity contribution in [3.63, 3.8) is 0 Å². The topological polar surface area (TPSA) is 33.1 Å². The second-order valence-corrected chi connectivity index (χ2v) is 1.96. The zero-order valence-corrected chi connectivity index (χ0v) is 5.28. The summed E-state index contributed by atoms with van der Waals surface area (Å²) in [5.74, 6) is 0. The van der Waals surface area contributed by atoms with Crippen LogP contribution in [0.25, 0.3) is 0 Å². The van der Waals surface area contributed by atoms with Crippen LogP contribution in [0.5, 0.6) is 0 Å². The van der Waals surface area contributed by atoms with Gasteiger partial charge in [-0.2, -0.15) is 0 Å². The standard InChI is InChI=1S/C6H8BNO/c7-6(9)5-1-3-8-4-2-5/h1-4,6,9H,7H2. The van der Waals surface area contributed by atoms with E-state index in [-0.39, 0.29) is 6.00 Å². The zero-order valence-electron chi connectivity index (χ0n) is 5.28. The molecule has 0 aliphatic carbocycles. The van der Waals surface area contributed by atoms with Gasteiger partial charge in [0.25, 0.3) is 0 Å². The minimum Gasteiger partial charge on any atom is -0.398 e. The van der Waals surface area contributed by atoms with Crippen LogP contribution in [-0.4, -0.2) is 17.9 Å². The molecule has 1 aromatic heterocycles. The first-order chi connectivity index (χ1) is 4.30. The van der Waals surface area contributed by atoms with Crippen molar-refractivity contribution >= 4 is 7.85 Å². The quantitative estimate of drug-likeness (QED) is 0.517. The van der Waals surface area contributed by atoms with Gasteiger partial charge in [-0.05, 0) is 17.7 Å². The van der Waals surface area contributed by atoms with E-state index in [2.05, 4.69) is 4.98 Å². The molecule has 1 N–H and O–H groups in total. The molecule has 3 heteroatoms. The lowest BCUT2D eigenvalue weighted by atomic mass is 9.93. The molecule has 1 aromatic rings. The van der Waals surface area contributed by atoms with Gasteiger partial charge in [0.1, 0.15) is 7.85 Å². The molecule has 0 spiro atoms. The van der Waals surface area contributed by atoms with E-state index >= 15 is 0 Å². The smallest absolute Gasteiger partial charge is 0.144 e. The first kappa shape index (κ1) is 6.30. The lowest BCUT2D eigenvalue weighted by Crippen LogP contribution is -1.94. The fourth-order valence-electron chi connectivity index (χ4n) is 0.642. The molecule has 1 atom stereocenters. The van der Waals surface area contributed by atoms with Crippen LogP contribution in [-0.2, 0) is 0 Å². The molecule has 0 fully saturated rings. The minimum absolute atomic E-state index is 0.381. The van der Waals surface area contributed by atoms with Gasteiger partial charge < -0.3 is 5.11 Å². The normalized spacial score (nSPS) is 13.0. The van der Waals surface area contributed by atoms with E-state index in [1.54, 1.807) is 32.4 Å². The van der Waals surface area contributed by atoms with Crippen LogP contribution in [0.3, 0.4) is 0 Å². The highest BCUT2D eigenvalue weighted by atomic mass is 16.3. The molecule has 0 aromatic carbocycles. The third-order valence-corrected chi connectivity index (χ3v) is 1.19. The summed E-state index contributed by atoms with van der Waals surface area (Å²) < 4.78 is 0. The molecule has 0 aliphatic rings. The fourth-order valence-corrected chi connectivity index (χ4v) is 0.642. The summed E-state index contributed by atoms with van der Waals surface area (Å²) in [6, 6.07) is 3.21. The van der Waals surface area contributed by atoms with Crippen molar-refractivity contribution in [1.82, 2.24) is 4.98 Å². The molecule has 9 heavy (non-hydrogen) atoms. The van der Waals surface area contributed by atoms with Crippen molar-refractivity contribution in [2.45, 2.75) is 6.00 Å². The van der Waals surface area contributed by atoms with Gasteiger partial charge in [-0.1, -0.05) is 0 Å². The van der Waals surface area contributed by atoms with Gasteiger partial charge in [-0.25, -0.2) is 0 Å². The minimum atomic E-state index is -0.381. The van der Waals surface area contributed by atoms with E-state index in [1.807, 2.05) is 0 Å². The maximum Gasteiger partial charge on any atom is 0.144 e. The SMILES string of the molecule is BC(O)c1ccncc1. The van der Waals surface area contributed by atoms with Gasteiger partial charge in [0, 0.05) is 18.4 Å². The van der Waals surface area contributed by atoms with Gasteiger partial charge in [0.2, 0.25) is 0 Å². The summed E-state index contributed by atoms with van der Waals surface area (Å²) >= 11 is 0. The molecular formula is C6H8BNO. The molecule has 2 nitrogen and oxygen atoms in total. The maximum absolute atomic E-state index is 9.00. The summed E-state index contributed by atoms with van der Waals surface area (Å²) in [5.41, 5.74) is 0.907. The second kappa shape index (κ2) is 2.64. The van der Waals surface area contributed by atoms with Crippen molar-refractivity contribution in [2.75, 3.05) is 0 Å². The monoisotopic (exact) mass is 121 g/mol. The zero-order chi connectivity index (χ0) is 6.69. The highest BCUT2D eigenvalue weighted by Gasteiger charge is 1.96. The van der Waals surface area contributed by atoms with Crippen LogP contribution in [0.15, 0.2) is 24.5 Å². The van der Waals surface area contributed by atoms with Crippen LogP contribution in [0.2, 0.25) is 0 Å². The number of hydrogen-bond donors (Lipinski definition) is 1. The highest BCUT2D eigenvalue weighted by Crippen LogP contribution is 2.04. The summed E-state index contributed by atoms with van der Waals surface area (Å²) in [6.45, 7) is 0. The van der Waals surface area contributed by atoms with E-state index in [0.29, 0.717) is 0 Å². The molecule has 0 saturated carbocycles. The first-order valence-electron chi connectivity index (χ1n) is 2.88. The van der Waals surface area contributed by atoms with E-state index in [9.17, 15) is 0 Å². The number of pyridine rings is 1. The van der Waals surface area contributed by atoms with Crippen molar-refractivity contribution in [3.05, 3.63) is 30.1 Å². The Balaban J connectivity index is 2.85. The summed E-state index contributed by atoms with van der Waals surface area (Å²) in [4.78, 5) is 3.82. The van der Waals surface area contributed by atoms with Crippen LogP contribution in [0.1, 0.15) is 11.6 Å². The molecule has 1 rings (SSSR count). The summed E-state index contributed by atoms with van der Waals surface area (Å²) in [5, 5.41) is 9.00. The predicted octanol–water partition coefficient (Wildman–Crippen LogP) is -0.294. The molecular weight excluding hydrogens is 113 g/mol. The molecule has 0 amide bonds. The number of aliphatic hydroxyl groups excluding tert-OH is 1. The van der Waals surface area contributed by atoms with Crippen molar-refractivity contribution < 1.29 is 5.11 Å². The molecule has 0 bridgehead atoms. The lowest BCUT2D eigenvalue weighted by Gasteiger charge is -2.00. The van der Waals surface area contributed by atoms with Crippen LogP contribution in [0.4, 0.5) is 0 Å². The highest BCUT2D eigenvalue weighted by molar-refractivity contribution is 6.11. The third-order valence-electron chi connectivity index (χ3n) is 1.19. The van der Waals surface area contributed by atoms with Crippen LogP contribution < -0.4 is 0 Å². The molecule has 1 heterocycles. The number of rotatable bonds is 1. The molecule has 0 radical (unpaired) electrons. The number of hydrogen-bond acceptors (Lipinski definition) is 2. The van der Waals surface area contributed by atoms with E-state index in [4.69, 9.17) is 5.11 Å². The molecule has 0 saturated heterocycles. The van der Waals surface area contributed by atoms with Gasteiger partial charge in [0.05, 0.1) is 0 Å². The van der Waals surface area contributed by atoms with Gasteiger partial charge >= 0.3 is 0 Å². The average Bonchev–Trinajstić information content (AvgIpc) is 1.90. The Labute approximate surface area is 55.0 Å². The first-order valence-corrected chi connectivity index (χ1v) is 2.88. The van der Waals surface area contributed by atoms with Crippen molar-refractivity contribution in [3.8, 4) is 0 Å². The van der Waals surface area contributed by atoms with E-state index < -0.39 is 0 Å². The average molecular weight is 121 g/mol. The Morgan fingerprint density at radius 2 is 2.00 bits per heavy atom. The maximum atomic E-state index is 9.00. The fraction of sp³-hybridized carbons (Fsp3) is 0.167. The second-order valence-electron chi connectivity index (χ2n) is 1.96. The van der Waals surface area contributed by atoms with Gasteiger partial charge in [-0.15, -0.1) is 0 Å². The Kier molecular flexibility index (Phi) is 1.85. The van der Waals surface area contributed by atoms with Crippen LogP contribution in [0, 0.1) is 0 Å². The predicted molar refractivity (Wildman–Crippen MR) is 37.7 cm³/mol. The largest absolute Gasteiger partial charge is 0.398 e. The van der Waals surface area contributed by atoms with E-state index in [0.717, 1.165) is 5.56 Å². The summed E-state index contributed by atoms with van der Waals surface area (Å²) in [7, 11) is 1.73. The number of aliphatic hydroxyl groups is 1. The van der Waals surface area contributed by atoms with Gasteiger partial charge in [0.15, 0.2) is 0 Å². The Bertz CT molecular complexity index is 176. The number of aromatic nitrogens is 1. The summed E-state index contributed by atoms with van der Waals surface area (Å²) in [6.07, 6.45) is 3.34. The Morgan fingerprint density at radius 1 is 1.44 bits per heavy atom. The van der Waals surface area contributed by atoms with E-state index in [1.165, 1.54) is 0 Å². The van der Waals surface area contributed by atoms with Crippen molar-refractivity contribution in [1.29, 1.82) is 0 Å². The number of nitrogens with zero attached hydrogens (tertiary/aromatic N) is 1. The Hall–Kier alpha value is -0.825.